The molecule has 0 saturated carbocycles. The first-order chi connectivity index (χ1) is 16.8. The van der Waals surface area contributed by atoms with Crippen molar-refractivity contribution in [3.05, 3.63) is 108 Å². The van der Waals surface area contributed by atoms with E-state index >= 15 is 0 Å². The SMILES string of the molecule is O=C(Cc1ccc(-n2cnnn2)cc1)N(CCc1ccccc1)c1nc(-c2ccccc2)cs1. The van der Waals surface area contributed by atoms with Crippen molar-refractivity contribution >= 4 is 22.4 Å². The van der Waals surface area contributed by atoms with Crippen LogP contribution in [0.2, 0.25) is 0 Å². The summed E-state index contributed by atoms with van der Waals surface area (Å²) in [6.07, 6.45) is 2.58. The molecule has 0 N–H and O–H groups in total. The molecule has 0 aliphatic heterocycles. The first-order valence-corrected chi connectivity index (χ1v) is 11.8. The smallest absolute Gasteiger partial charge is 0.233 e. The summed E-state index contributed by atoms with van der Waals surface area (Å²) in [5.41, 5.74) is 4.87. The molecule has 0 spiro atoms. The molecule has 0 unspecified atom stereocenters. The molecule has 168 valence electrons. The van der Waals surface area contributed by atoms with Crippen LogP contribution in [-0.2, 0) is 17.6 Å². The van der Waals surface area contributed by atoms with Gasteiger partial charge in [-0.25, -0.2) is 9.67 Å². The molecule has 0 saturated heterocycles. The van der Waals surface area contributed by atoms with E-state index in [1.54, 1.807) is 9.58 Å². The minimum atomic E-state index is 0.0139. The highest BCUT2D eigenvalue weighted by Gasteiger charge is 2.20. The zero-order chi connectivity index (χ0) is 23.2. The van der Waals surface area contributed by atoms with Crippen molar-refractivity contribution < 1.29 is 4.79 Å². The monoisotopic (exact) mass is 466 g/mol. The summed E-state index contributed by atoms with van der Waals surface area (Å²) in [5, 5.41) is 13.9. The summed E-state index contributed by atoms with van der Waals surface area (Å²) < 4.78 is 1.58. The Bertz CT molecular complexity index is 1340. The molecule has 7 nitrogen and oxygen atoms in total. The number of aromatic nitrogens is 5. The molecule has 0 bridgehead atoms. The van der Waals surface area contributed by atoms with Crippen LogP contribution in [0, 0.1) is 0 Å². The number of anilines is 1. The Kier molecular flexibility index (Phi) is 6.49. The number of amides is 1. The number of carbonyl (C=O) groups is 1. The number of thiazole rings is 1. The topological polar surface area (TPSA) is 76.8 Å². The number of tetrazole rings is 1. The van der Waals surface area contributed by atoms with Crippen LogP contribution < -0.4 is 4.90 Å². The summed E-state index contributed by atoms with van der Waals surface area (Å²) in [5.74, 6) is 0.0139. The average Bonchev–Trinajstić information content (AvgIpc) is 3.59. The fraction of sp³-hybridized carbons (Fsp3) is 0.115. The van der Waals surface area contributed by atoms with Crippen molar-refractivity contribution in [2.24, 2.45) is 0 Å². The maximum absolute atomic E-state index is 13.4. The summed E-state index contributed by atoms with van der Waals surface area (Å²) >= 11 is 1.50. The van der Waals surface area contributed by atoms with Crippen molar-refractivity contribution in [3.63, 3.8) is 0 Å². The van der Waals surface area contributed by atoms with Crippen LogP contribution in [0.1, 0.15) is 11.1 Å². The van der Waals surface area contributed by atoms with Crippen molar-refractivity contribution in [2.45, 2.75) is 12.8 Å². The Hall–Kier alpha value is -4.17. The summed E-state index contributed by atoms with van der Waals surface area (Å²) in [6.45, 7) is 0.563. The van der Waals surface area contributed by atoms with Crippen molar-refractivity contribution in [1.29, 1.82) is 0 Å². The van der Waals surface area contributed by atoms with Gasteiger partial charge in [0, 0.05) is 17.5 Å². The second kappa shape index (κ2) is 10.2. The molecule has 0 radical (unpaired) electrons. The highest BCUT2D eigenvalue weighted by atomic mass is 32.1. The van der Waals surface area contributed by atoms with Gasteiger partial charge in [0.05, 0.1) is 17.8 Å². The van der Waals surface area contributed by atoms with Crippen molar-refractivity contribution in [1.82, 2.24) is 25.2 Å². The third kappa shape index (κ3) is 5.07. The van der Waals surface area contributed by atoms with Gasteiger partial charge in [0.1, 0.15) is 6.33 Å². The molecule has 34 heavy (non-hydrogen) atoms. The number of carbonyl (C=O) groups excluding carboxylic acids is 1. The molecule has 5 rings (SSSR count). The van der Waals surface area contributed by atoms with E-state index in [0.717, 1.165) is 28.9 Å². The van der Waals surface area contributed by atoms with E-state index in [-0.39, 0.29) is 12.3 Å². The van der Waals surface area contributed by atoms with E-state index in [9.17, 15) is 4.79 Å². The number of nitrogens with zero attached hydrogens (tertiary/aromatic N) is 6. The molecule has 0 aliphatic carbocycles. The molecule has 5 aromatic rings. The maximum Gasteiger partial charge on any atom is 0.233 e. The highest BCUT2D eigenvalue weighted by molar-refractivity contribution is 7.14. The minimum absolute atomic E-state index is 0.0139. The van der Waals surface area contributed by atoms with Gasteiger partial charge < -0.3 is 0 Å². The number of benzene rings is 3. The lowest BCUT2D eigenvalue weighted by atomic mass is 10.1. The van der Waals surface area contributed by atoms with Gasteiger partial charge in [0.15, 0.2) is 5.13 Å². The van der Waals surface area contributed by atoms with E-state index in [1.165, 1.54) is 23.2 Å². The zero-order valence-electron chi connectivity index (χ0n) is 18.4. The van der Waals surface area contributed by atoms with Gasteiger partial charge in [-0.05, 0) is 40.1 Å². The third-order valence-corrected chi connectivity index (χ3v) is 6.33. The van der Waals surface area contributed by atoms with Crippen LogP contribution in [0.5, 0.6) is 0 Å². The van der Waals surface area contributed by atoms with E-state index in [2.05, 4.69) is 27.7 Å². The Morgan fingerprint density at radius 2 is 1.62 bits per heavy atom. The van der Waals surface area contributed by atoms with E-state index < -0.39 is 0 Å². The molecule has 0 aliphatic rings. The van der Waals surface area contributed by atoms with Crippen LogP contribution >= 0.6 is 11.3 Å². The second-order valence-electron chi connectivity index (χ2n) is 7.76. The Morgan fingerprint density at radius 1 is 0.882 bits per heavy atom. The summed E-state index contributed by atoms with van der Waals surface area (Å²) in [6, 6.07) is 27.9. The largest absolute Gasteiger partial charge is 0.287 e. The van der Waals surface area contributed by atoms with Crippen molar-refractivity contribution in [2.75, 3.05) is 11.4 Å². The zero-order valence-corrected chi connectivity index (χ0v) is 19.2. The van der Waals surface area contributed by atoms with Gasteiger partial charge in [-0.15, -0.1) is 16.4 Å². The van der Waals surface area contributed by atoms with Crippen LogP contribution in [-0.4, -0.2) is 37.6 Å². The Labute approximate surface area is 201 Å². The van der Waals surface area contributed by atoms with E-state index in [0.29, 0.717) is 11.7 Å². The van der Waals surface area contributed by atoms with Crippen LogP contribution in [0.25, 0.3) is 16.9 Å². The highest BCUT2D eigenvalue weighted by Crippen LogP contribution is 2.28. The lowest BCUT2D eigenvalue weighted by Gasteiger charge is -2.20. The lowest BCUT2D eigenvalue weighted by molar-refractivity contribution is -0.118. The molecule has 0 fully saturated rings. The molecular weight excluding hydrogens is 444 g/mol. The number of rotatable bonds is 8. The predicted molar refractivity (Wildman–Crippen MR) is 133 cm³/mol. The van der Waals surface area contributed by atoms with Gasteiger partial charge in [-0.1, -0.05) is 72.8 Å². The number of hydrogen-bond acceptors (Lipinski definition) is 6. The fourth-order valence-corrected chi connectivity index (χ4v) is 4.54. The molecule has 2 aromatic heterocycles. The molecule has 3 aromatic carbocycles. The molecule has 1 amide bonds. The predicted octanol–water partition coefficient (Wildman–Crippen LogP) is 4.60. The Morgan fingerprint density at radius 3 is 2.32 bits per heavy atom. The quantitative estimate of drug-likeness (QED) is 0.334. The van der Waals surface area contributed by atoms with Gasteiger partial charge in [0.2, 0.25) is 5.91 Å². The van der Waals surface area contributed by atoms with Gasteiger partial charge in [0.25, 0.3) is 0 Å². The summed E-state index contributed by atoms with van der Waals surface area (Å²) in [7, 11) is 0. The van der Waals surface area contributed by atoms with Crippen LogP contribution in [0.15, 0.2) is 96.6 Å². The molecular formula is C26H22N6OS. The standard InChI is InChI=1S/C26H22N6OS/c33-25(17-21-11-13-23(14-12-21)32-19-27-29-30-32)31(16-15-20-7-3-1-4-8-20)26-28-24(18-34-26)22-9-5-2-6-10-22/h1-14,18-19H,15-17H2. The van der Waals surface area contributed by atoms with Gasteiger partial charge in [-0.3, -0.25) is 9.69 Å². The average molecular weight is 467 g/mol. The molecule has 8 heteroatoms. The first-order valence-electron chi connectivity index (χ1n) is 10.9. The Balaban J connectivity index is 1.36. The van der Waals surface area contributed by atoms with E-state index in [1.807, 2.05) is 78.2 Å². The second-order valence-corrected chi connectivity index (χ2v) is 8.60. The third-order valence-electron chi connectivity index (χ3n) is 5.47. The minimum Gasteiger partial charge on any atom is -0.287 e. The summed E-state index contributed by atoms with van der Waals surface area (Å²) in [4.78, 5) is 20.1. The fourth-order valence-electron chi connectivity index (χ4n) is 3.66. The number of hydrogen-bond donors (Lipinski definition) is 0. The van der Waals surface area contributed by atoms with E-state index in [4.69, 9.17) is 4.98 Å². The molecule has 0 atom stereocenters. The van der Waals surface area contributed by atoms with Gasteiger partial charge in [-0.2, -0.15) is 0 Å². The van der Waals surface area contributed by atoms with Crippen LogP contribution in [0.4, 0.5) is 5.13 Å². The van der Waals surface area contributed by atoms with Gasteiger partial charge >= 0.3 is 0 Å². The normalized spacial score (nSPS) is 10.8. The first kappa shape index (κ1) is 21.7. The van der Waals surface area contributed by atoms with Crippen molar-refractivity contribution in [3.8, 4) is 16.9 Å². The van der Waals surface area contributed by atoms with Crippen LogP contribution in [0.3, 0.4) is 0 Å². The molecule has 2 heterocycles. The maximum atomic E-state index is 13.4. The lowest BCUT2D eigenvalue weighted by Crippen LogP contribution is -2.34.